The van der Waals surface area contributed by atoms with E-state index in [1.165, 1.54) is 12.1 Å². The molecule has 1 aromatic carbocycles. The van der Waals surface area contributed by atoms with Crippen LogP contribution in [0.3, 0.4) is 0 Å². The molecular formula is C12H14ClNO5S. The number of carbonyl (C=O) groups excluding carboxylic acids is 1. The van der Waals surface area contributed by atoms with E-state index < -0.39 is 27.5 Å². The third-order valence-electron chi connectivity index (χ3n) is 2.28. The molecule has 0 saturated carbocycles. The molecule has 20 heavy (non-hydrogen) atoms. The molecule has 0 aliphatic rings. The highest BCUT2D eigenvalue weighted by Crippen LogP contribution is 2.23. The van der Waals surface area contributed by atoms with Gasteiger partial charge >= 0.3 is 5.97 Å². The average molecular weight is 320 g/mol. The molecule has 0 bridgehead atoms. The van der Waals surface area contributed by atoms with Gasteiger partial charge in [0, 0.05) is 6.04 Å². The van der Waals surface area contributed by atoms with E-state index >= 15 is 0 Å². The Hall–Kier alpha value is -1.60. The summed E-state index contributed by atoms with van der Waals surface area (Å²) in [6.07, 6.45) is 0. The van der Waals surface area contributed by atoms with Gasteiger partial charge < -0.3 is 10.4 Å². The number of nitrogens with one attached hydrogen (secondary N) is 1. The van der Waals surface area contributed by atoms with E-state index in [1.54, 1.807) is 13.8 Å². The van der Waals surface area contributed by atoms with Crippen LogP contribution < -0.4 is 5.32 Å². The number of hydrogen-bond acceptors (Lipinski definition) is 4. The number of benzene rings is 1. The second-order valence-electron chi connectivity index (χ2n) is 4.43. The lowest BCUT2D eigenvalue weighted by molar-refractivity contribution is -0.119. The van der Waals surface area contributed by atoms with Crippen LogP contribution in [0.4, 0.5) is 0 Å². The maximum atomic E-state index is 12.1. The predicted molar refractivity (Wildman–Crippen MR) is 73.7 cm³/mol. The van der Waals surface area contributed by atoms with Crippen molar-refractivity contribution in [3.05, 3.63) is 28.8 Å². The van der Waals surface area contributed by atoms with Gasteiger partial charge in [-0.25, -0.2) is 13.2 Å². The second-order valence-corrected chi connectivity index (χ2v) is 6.80. The standard InChI is InChI=1S/C12H14ClNO5S/c1-7(2)14-11(15)6-20(18,19)10-5-8(12(16)17)3-4-9(10)13/h3-5,7H,6H2,1-2H3,(H,14,15)(H,16,17). The first kappa shape index (κ1) is 16.5. The fourth-order valence-electron chi connectivity index (χ4n) is 1.49. The van der Waals surface area contributed by atoms with Crippen LogP contribution in [-0.2, 0) is 14.6 Å². The van der Waals surface area contributed by atoms with Crippen molar-refractivity contribution in [2.45, 2.75) is 24.8 Å². The quantitative estimate of drug-likeness (QED) is 0.853. The molecule has 1 amide bonds. The van der Waals surface area contributed by atoms with Crippen LogP contribution in [0.5, 0.6) is 0 Å². The van der Waals surface area contributed by atoms with Crippen LogP contribution in [0.2, 0.25) is 5.02 Å². The minimum atomic E-state index is -4.00. The largest absolute Gasteiger partial charge is 0.478 e. The maximum Gasteiger partial charge on any atom is 0.335 e. The van der Waals surface area contributed by atoms with Crippen LogP contribution in [0.15, 0.2) is 23.1 Å². The van der Waals surface area contributed by atoms with Crippen LogP contribution in [0.25, 0.3) is 0 Å². The van der Waals surface area contributed by atoms with Crippen molar-refractivity contribution in [2.75, 3.05) is 5.75 Å². The van der Waals surface area contributed by atoms with Gasteiger partial charge in [0.1, 0.15) is 5.75 Å². The number of rotatable bonds is 5. The molecule has 0 heterocycles. The lowest BCUT2D eigenvalue weighted by atomic mass is 10.2. The van der Waals surface area contributed by atoms with Gasteiger partial charge in [-0.05, 0) is 32.0 Å². The number of carboxylic acids is 1. The predicted octanol–water partition coefficient (Wildman–Crippen LogP) is 1.34. The summed E-state index contributed by atoms with van der Waals surface area (Å²) in [7, 11) is -4.00. The Bertz CT molecular complexity index is 639. The van der Waals surface area contributed by atoms with Crippen molar-refractivity contribution in [2.24, 2.45) is 0 Å². The lowest BCUT2D eigenvalue weighted by Gasteiger charge is -2.10. The van der Waals surface area contributed by atoms with Crippen LogP contribution in [0.1, 0.15) is 24.2 Å². The summed E-state index contributed by atoms with van der Waals surface area (Å²) in [6, 6.07) is 3.12. The first-order valence-electron chi connectivity index (χ1n) is 5.68. The fourth-order valence-corrected chi connectivity index (χ4v) is 3.21. The van der Waals surface area contributed by atoms with Crippen molar-refractivity contribution >= 4 is 33.3 Å². The van der Waals surface area contributed by atoms with E-state index in [2.05, 4.69) is 5.32 Å². The molecule has 1 aromatic rings. The van der Waals surface area contributed by atoms with Gasteiger partial charge in [0.05, 0.1) is 15.5 Å². The molecule has 110 valence electrons. The molecule has 0 radical (unpaired) electrons. The summed E-state index contributed by atoms with van der Waals surface area (Å²) in [5, 5.41) is 11.2. The van der Waals surface area contributed by atoms with Gasteiger partial charge in [-0.1, -0.05) is 11.6 Å². The van der Waals surface area contributed by atoms with Crippen LogP contribution >= 0.6 is 11.6 Å². The van der Waals surface area contributed by atoms with Crippen molar-refractivity contribution in [3.8, 4) is 0 Å². The second kappa shape index (κ2) is 6.23. The molecule has 2 N–H and O–H groups in total. The first-order chi connectivity index (χ1) is 9.13. The first-order valence-corrected chi connectivity index (χ1v) is 7.71. The van der Waals surface area contributed by atoms with Crippen molar-refractivity contribution in [1.82, 2.24) is 5.32 Å². The third kappa shape index (κ3) is 4.21. The molecule has 0 aliphatic carbocycles. The number of hydrogen-bond donors (Lipinski definition) is 2. The topological polar surface area (TPSA) is 101 Å². The molecule has 0 atom stereocenters. The monoisotopic (exact) mass is 319 g/mol. The molecule has 0 aromatic heterocycles. The average Bonchev–Trinajstić information content (AvgIpc) is 2.26. The minimum absolute atomic E-state index is 0.118. The van der Waals surface area contributed by atoms with E-state index in [1.807, 2.05) is 0 Å². The maximum absolute atomic E-state index is 12.1. The molecule has 8 heteroatoms. The fraction of sp³-hybridized carbons (Fsp3) is 0.333. The Balaban J connectivity index is 3.12. The van der Waals surface area contributed by atoms with Crippen LogP contribution in [0, 0.1) is 0 Å². The number of amides is 1. The summed E-state index contributed by atoms with van der Waals surface area (Å²) in [5.74, 6) is -2.73. The molecule has 0 unspecified atom stereocenters. The van der Waals surface area contributed by atoms with Crippen molar-refractivity contribution in [1.29, 1.82) is 0 Å². The summed E-state index contributed by atoms with van der Waals surface area (Å²) < 4.78 is 24.2. The summed E-state index contributed by atoms with van der Waals surface area (Å²) in [6.45, 7) is 3.39. The number of halogens is 1. The normalized spacial score (nSPS) is 11.4. The highest BCUT2D eigenvalue weighted by molar-refractivity contribution is 7.92. The number of sulfone groups is 1. The molecule has 0 fully saturated rings. The lowest BCUT2D eigenvalue weighted by Crippen LogP contribution is -2.35. The number of aromatic carboxylic acids is 1. The van der Waals surface area contributed by atoms with Crippen molar-refractivity contribution in [3.63, 3.8) is 0 Å². The molecule has 0 aliphatic heterocycles. The Morgan fingerprint density at radius 2 is 1.95 bits per heavy atom. The number of carbonyl (C=O) groups is 2. The Kier molecular flexibility index (Phi) is 5.13. The zero-order valence-electron chi connectivity index (χ0n) is 10.9. The van der Waals surface area contributed by atoms with E-state index in [-0.39, 0.29) is 21.5 Å². The molecule has 0 saturated heterocycles. The highest BCUT2D eigenvalue weighted by atomic mass is 35.5. The van der Waals surface area contributed by atoms with Gasteiger partial charge in [0.25, 0.3) is 0 Å². The van der Waals surface area contributed by atoms with E-state index in [4.69, 9.17) is 16.7 Å². The molecule has 6 nitrogen and oxygen atoms in total. The summed E-state index contributed by atoms with van der Waals surface area (Å²) >= 11 is 5.77. The zero-order valence-corrected chi connectivity index (χ0v) is 12.5. The Labute approximate surface area is 121 Å². The van der Waals surface area contributed by atoms with Crippen LogP contribution in [-0.4, -0.2) is 37.2 Å². The highest BCUT2D eigenvalue weighted by Gasteiger charge is 2.23. The smallest absolute Gasteiger partial charge is 0.335 e. The van der Waals surface area contributed by atoms with Gasteiger partial charge in [0.15, 0.2) is 9.84 Å². The van der Waals surface area contributed by atoms with Gasteiger partial charge in [-0.3, -0.25) is 4.79 Å². The van der Waals surface area contributed by atoms with E-state index in [0.717, 1.165) is 6.07 Å². The number of carboxylic acid groups (broad SMARTS) is 1. The van der Waals surface area contributed by atoms with Gasteiger partial charge in [0.2, 0.25) is 5.91 Å². The summed E-state index contributed by atoms with van der Waals surface area (Å²) in [5.41, 5.74) is -0.211. The Morgan fingerprint density at radius 3 is 2.45 bits per heavy atom. The van der Waals surface area contributed by atoms with E-state index in [0.29, 0.717) is 0 Å². The zero-order chi connectivity index (χ0) is 15.5. The minimum Gasteiger partial charge on any atom is -0.478 e. The Morgan fingerprint density at radius 1 is 1.35 bits per heavy atom. The molecule has 1 rings (SSSR count). The molecular weight excluding hydrogens is 306 g/mol. The SMILES string of the molecule is CC(C)NC(=O)CS(=O)(=O)c1cc(C(=O)O)ccc1Cl. The van der Waals surface area contributed by atoms with Crippen molar-refractivity contribution < 1.29 is 23.1 Å². The summed E-state index contributed by atoms with van der Waals surface area (Å²) in [4.78, 5) is 22.0. The van der Waals surface area contributed by atoms with Gasteiger partial charge in [-0.15, -0.1) is 0 Å². The van der Waals surface area contributed by atoms with E-state index in [9.17, 15) is 18.0 Å². The third-order valence-corrected chi connectivity index (χ3v) is 4.38. The van der Waals surface area contributed by atoms with Gasteiger partial charge in [-0.2, -0.15) is 0 Å². The molecule has 0 spiro atoms.